The predicted octanol–water partition coefficient (Wildman–Crippen LogP) is 1.82. The van der Waals surface area contributed by atoms with Gasteiger partial charge in [0.05, 0.1) is 21.1 Å². The lowest BCUT2D eigenvalue weighted by Crippen LogP contribution is -2.33. The van der Waals surface area contributed by atoms with Crippen LogP contribution in [0.2, 0.25) is 0 Å². The monoisotopic (exact) mass is 208 g/mol. The molecule has 1 rings (SSSR count). The van der Waals surface area contributed by atoms with Crippen LogP contribution in [0.5, 0.6) is 5.75 Å². The minimum Gasteiger partial charge on any atom is -0.427 e. The molecule has 0 radical (unpaired) electrons. The van der Waals surface area contributed by atoms with Gasteiger partial charge in [0.1, 0.15) is 12.3 Å². The number of carbonyl (C=O) groups excluding carboxylic acids is 1. The second-order valence-corrected chi connectivity index (χ2v) is 4.69. The number of hydrogen-bond acceptors (Lipinski definition) is 2. The van der Waals surface area contributed by atoms with Crippen molar-refractivity contribution in [1.29, 1.82) is 0 Å². The molecule has 0 N–H and O–H groups in total. The van der Waals surface area contributed by atoms with Crippen molar-refractivity contribution in [2.24, 2.45) is 0 Å². The zero-order valence-corrected chi connectivity index (χ0v) is 9.78. The molecule has 0 fully saturated rings. The lowest BCUT2D eigenvalue weighted by atomic mass is 10.2. The maximum atomic E-state index is 10.7. The van der Waals surface area contributed by atoms with E-state index in [1.807, 2.05) is 24.3 Å². The van der Waals surface area contributed by atoms with E-state index in [0.29, 0.717) is 5.75 Å². The third-order valence-corrected chi connectivity index (χ3v) is 1.84. The van der Waals surface area contributed by atoms with E-state index in [1.165, 1.54) is 12.5 Å². The first-order chi connectivity index (χ1) is 6.87. The molecule has 0 saturated carbocycles. The summed E-state index contributed by atoms with van der Waals surface area (Å²) in [5.74, 6) is 0.321. The van der Waals surface area contributed by atoms with E-state index >= 15 is 0 Å². The largest absolute Gasteiger partial charge is 0.427 e. The van der Waals surface area contributed by atoms with Gasteiger partial charge in [-0.25, -0.2) is 0 Å². The Hall–Kier alpha value is -1.35. The zero-order chi connectivity index (χ0) is 11.5. The van der Waals surface area contributed by atoms with Gasteiger partial charge in [0.25, 0.3) is 0 Å². The van der Waals surface area contributed by atoms with Crippen molar-refractivity contribution in [3.8, 4) is 5.75 Å². The Morgan fingerprint density at radius 1 is 1.20 bits per heavy atom. The molecule has 3 nitrogen and oxygen atoms in total. The van der Waals surface area contributed by atoms with Crippen LogP contribution in [-0.2, 0) is 11.3 Å². The van der Waals surface area contributed by atoms with Crippen LogP contribution in [0.15, 0.2) is 24.3 Å². The van der Waals surface area contributed by atoms with Crippen LogP contribution >= 0.6 is 0 Å². The summed E-state index contributed by atoms with van der Waals surface area (Å²) in [6.45, 7) is 2.36. The molecule has 15 heavy (non-hydrogen) atoms. The first-order valence-corrected chi connectivity index (χ1v) is 4.95. The summed E-state index contributed by atoms with van der Waals surface area (Å²) in [6.07, 6.45) is 0. The van der Waals surface area contributed by atoms with Crippen LogP contribution in [0.4, 0.5) is 0 Å². The highest BCUT2D eigenvalue weighted by atomic mass is 16.5. The quantitative estimate of drug-likeness (QED) is 0.430. The maximum Gasteiger partial charge on any atom is 0.308 e. The lowest BCUT2D eigenvalue weighted by Gasteiger charge is -2.23. The van der Waals surface area contributed by atoms with E-state index in [1.54, 1.807) is 0 Å². The van der Waals surface area contributed by atoms with E-state index in [4.69, 9.17) is 4.74 Å². The van der Waals surface area contributed by atoms with Gasteiger partial charge in [0, 0.05) is 12.5 Å². The normalized spacial score (nSPS) is 11.2. The van der Waals surface area contributed by atoms with Crippen molar-refractivity contribution in [2.75, 3.05) is 21.1 Å². The summed E-state index contributed by atoms with van der Waals surface area (Å²) < 4.78 is 5.84. The van der Waals surface area contributed by atoms with Gasteiger partial charge in [0.2, 0.25) is 0 Å². The van der Waals surface area contributed by atoms with E-state index in [2.05, 4.69) is 21.1 Å². The Balaban J connectivity index is 2.68. The number of ether oxygens (including phenoxy) is 1. The molecule has 82 valence electrons. The van der Waals surface area contributed by atoms with Crippen molar-refractivity contribution in [3.63, 3.8) is 0 Å². The molecule has 0 spiro atoms. The van der Waals surface area contributed by atoms with Gasteiger partial charge >= 0.3 is 5.97 Å². The molecule has 0 bridgehead atoms. The topological polar surface area (TPSA) is 26.3 Å². The molecule has 0 amide bonds. The third kappa shape index (κ3) is 4.61. The number of quaternary nitrogens is 1. The van der Waals surface area contributed by atoms with Crippen molar-refractivity contribution in [2.45, 2.75) is 13.5 Å². The molecule has 0 aromatic heterocycles. The summed E-state index contributed by atoms with van der Waals surface area (Å²) in [5.41, 5.74) is 1.23. The Morgan fingerprint density at radius 2 is 1.73 bits per heavy atom. The molecule has 0 aliphatic rings. The number of benzene rings is 1. The molecule has 0 aliphatic heterocycles. The molecule has 1 aromatic carbocycles. The number of carbonyl (C=O) groups is 1. The molecular weight excluding hydrogens is 190 g/mol. The van der Waals surface area contributed by atoms with Gasteiger partial charge in [-0.15, -0.1) is 0 Å². The first kappa shape index (κ1) is 11.7. The van der Waals surface area contributed by atoms with Crippen LogP contribution in [0.1, 0.15) is 12.5 Å². The summed E-state index contributed by atoms with van der Waals surface area (Å²) in [7, 11) is 6.42. The van der Waals surface area contributed by atoms with Crippen LogP contribution in [-0.4, -0.2) is 31.6 Å². The van der Waals surface area contributed by atoms with E-state index in [-0.39, 0.29) is 5.97 Å². The Morgan fingerprint density at radius 3 is 2.13 bits per heavy atom. The Labute approximate surface area is 90.9 Å². The highest BCUT2D eigenvalue weighted by molar-refractivity contribution is 5.69. The van der Waals surface area contributed by atoms with E-state index in [0.717, 1.165) is 11.0 Å². The fourth-order valence-corrected chi connectivity index (χ4v) is 1.38. The van der Waals surface area contributed by atoms with Crippen molar-refractivity contribution >= 4 is 5.97 Å². The van der Waals surface area contributed by atoms with Crippen molar-refractivity contribution in [3.05, 3.63) is 29.8 Å². The molecule has 0 aliphatic carbocycles. The Kier molecular flexibility index (Phi) is 3.48. The number of hydrogen-bond donors (Lipinski definition) is 0. The van der Waals surface area contributed by atoms with Crippen LogP contribution in [0.25, 0.3) is 0 Å². The minimum absolute atomic E-state index is 0.283. The van der Waals surface area contributed by atoms with Gasteiger partial charge in [-0.1, -0.05) is 0 Å². The highest BCUT2D eigenvalue weighted by Crippen LogP contribution is 2.14. The summed E-state index contributed by atoms with van der Waals surface area (Å²) >= 11 is 0. The molecule has 0 unspecified atom stereocenters. The third-order valence-electron chi connectivity index (χ3n) is 1.84. The first-order valence-electron chi connectivity index (χ1n) is 4.95. The number of esters is 1. The second kappa shape index (κ2) is 4.45. The lowest BCUT2D eigenvalue weighted by molar-refractivity contribution is -0.884. The number of rotatable bonds is 3. The summed E-state index contributed by atoms with van der Waals surface area (Å²) in [6, 6.07) is 7.63. The summed E-state index contributed by atoms with van der Waals surface area (Å²) in [4.78, 5) is 10.7. The maximum absolute atomic E-state index is 10.7. The smallest absolute Gasteiger partial charge is 0.308 e. The van der Waals surface area contributed by atoms with Crippen LogP contribution < -0.4 is 4.74 Å². The minimum atomic E-state index is -0.283. The van der Waals surface area contributed by atoms with Crippen LogP contribution in [0.3, 0.4) is 0 Å². The highest BCUT2D eigenvalue weighted by Gasteiger charge is 2.08. The predicted molar refractivity (Wildman–Crippen MR) is 59.5 cm³/mol. The van der Waals surface area contributed by atoms with Gasteiger partial charge < -0.3 is 9.22 Å². The van der Waals surface area contributed by atoms with Gasteiger partial charge in [-0.3, -0.25) is 4.79 Å². The Bertz CT molecular complexity index is 336. The molecule has 0 atom stereocenters. The van der Waals surface area contributed by atoms with Crippen molar-refractivity contribution in [1.82, 2.24) is 0 Å². The standard InChI is InChI=1S/C12H18NO2/c1-10(14)15-12-7-5-11(6-8-12)9-13(2,3)4/h5-8H,9H2,1-4H3/q+1. The van der Waals surface area contributed by atoms with E-state index < -0.39 is 0 Å². The molecule has 0 saturated heterocycles. The van der Waals surface area contributed by atoms with Gasteiger partial charge in [0.15, 0.2) is 0 Å². The average Bonchev–Trinajstić information content (AvgIpc) is 2.05. The fraction of sp³-hybridized carbons (Fsp3) is 0.417. The average molecular weight is 208 g/mol. The molecular formula is C12H18NO2+. The fourth-order valence-electron chi connectivity index (χ4n) is 1.38. The summed E-state index contributed by atoms with van der Waals surface area (Å²) in [5, 5.41) is 0. The molecule has 0 heterocycles. The molecule has 1 aromatic rings. The second-order valence-electron chi connectivity index (χ2n) is 4.69. The van der Waals surface area contributed by atoms with Crippen molar-refractivity contribution < 1.29 is 14.0 Å². The zero-order valence-electron chi connectivity index (χ0n) is 9.78. The number of nitrogens with zero attached hydrogens (tertiary/aromatic N) is 1. The SMILES string of the molecule is CC(=O)Oc1ccc(C[N+](C)(C)C)cc1. The molecule has 3 heteroatoms. The van der Waals surface area contributed by atoms with E-state index in [9.17, 15) is 4.79 Å². The van der Waals surface area contributed by atoms with Gasteiger partial charge in [-0.2, -0.15) is 0 Å². The van der Waals surface area contributed by atoms with Crippen LogP contribution in [0, 0.1) is 0 Å². The van der Waals surface area contributed by atoms with Gasteiger partial charge in [-0.05, 0) is 24.3 Å².